The molecule has 7 rings (SSSR count). The Hall–Kier alpha value is -4.96. The van der Waals surface area contributed by atoms with Crippen LogP contribution in [0.3, 0.4) is 0 Å². The van der Waals surface area contributed by atoms with Crippen LogP contribution in [0.15, 0.2) is 79.3 Å². The lowest BCUT2D eigenvalue weighted by Gasteiger charge is -2.40. The van der Waals surface area contributed by atoms with Gasteiger partial charge in [-0.3, -0.25) is 14.8 Å². The van der Waals surface area contributed by atoms with E-state index in [2.05, 4.69) is 100 Å². The van der Waals surface area contributed by atoms with Gasteiger partial charge in [0.2, 0.25) is 5.91 Å². The second kappa shape index (κ2) is 13.5. The summed E-state index contributed by atoms with van der Waals surface area (Å²) in [5.41, 5.74) is 7.86. The van der Waals surface area contributed by atoms with E-state index in [9.17, 15) is 9.59 Å². The van der Waals surface area contributed by atoms with Crippen molar-refractivity contribution in [3.63, 3.8) is 0 Å². The summed E-state index contributed by atoms with van der Waals surface area (Å²) in [5, 5.41) is 14.8. The minimum Gasteiger partial charge on any atom is -0.345 e. The molecule has 0 saturated carbocycles. The number of hydrogen-bond acceptors (Lipinski definition) is 5. The number of nitrogens with one attached hydrogen (secondary N) is 3. The summed E-state index contributed by atoms with van der Waals surface area (Å²) < 4.78 is 2.15. The zero-order valence-corrected chi connectivity index (χ0v) is 28.9. The number of rotatable bonds is 9. The Kier molecular flexibility index (Phi) is 8.98. The first-order chi connectivity index (χ1) is 23.6. The molecule has 0 spiro atoms. The van der Waals surface area contributed by atoms with Gasteiger partial charge in [-0.15, -0.1) is 0 Å². The van der Waals surface area contributed by atoms with Gasteiger partial charge in [-0.05, 0) is 71.6 Å². The standard InChI is InChI=1S/C39H46N8O2/c1-26-19-28(20-30-22-41-44-36(26)30)21-34(37-40-15-18-46(37)23-27-9-11-31(12-10-27)39(2,3)4)42-35(48)25-45-16-13-32(14-17-45)47-24-29-7-5-6-8-33(29)43-38(47)49/h5-12,15,18-20,22,32,34H,13-14,16-17,21,23-25H2,1-4H3,(H,41,44)(H,42,48)(H,43,49). The van der Waals surface area contributed by atoms with Gasteiger partial charge in [0.05, 0.1) is 24.3 Å². The van der Waals surface area contributed by atoms with E-state index in [-0.39, 0.29) is 29.4 Å². The van der Waals surface area contributed by atoms with Crippen molar-refractivity contribution in [1.29, 1.82) is 0 Å². The van der Waals surface area contributed by atoms with E-state index >= 15 is 0 Å². The highest BCUT2D eigenvalue weighted by atomic mass is 16.2. The van der Waals surface area contributed by atoms with Crippen LogP contribution < -0.4 is 10.6 Å². The van der Waals surface area contributed by atoms with Gasteiger partial charge in [0.25, 0.3) is 0 Å². The minimum absolute atomic E-state index is 0.0294. The predicted octanol–water partition coefficient (Wildman–Crippen LogP) is 6.33. The number of anilines is 1. The maximum Gasteiger partial charge on any atom is 0.322 e. The van der Waals surface area contributed by atoms with Crippen molar-refractivity contribution in [2.75, 3.05) is 25.0 Å². The van der Waals surface area contributed by atoms with Crippen molar-refractivity contribution in [1.82, 2.24) is 34.9 Å². The third-order valence-corrected chi connectivity index (χ3v) is 10.0. The number of urea groups is 1. The molecule has 0 radical (unpaired) electrons. The number of likely N-dealkylation sites (tertiary alicyclic amines) is 1. The summed E-state index contributed by atoms with van der Waals surface area (Å²) in [4.78, 5) is 35.6. The van der Waals surface area contributed by atoms with E-state index in [4.69, 9.17) is 4.98 Å². The molecule has 3 N–H and O–H groups in total. The first-order valence-corrected chi connectivity index (χ1v) is 17.3. The number of aryl methyl sites for hydroxylation is 1. The van der Waals surface area contributed by atoms with Gasteiger partial charge in [0.15, 0.2) is 0 Å². The molecule has 2 aliphatic rings. The van der Waals surface area contributed by atoms with Gasteiger partial charge in [0, 0.05) is 55.7 Å². The lowest BCUT2D eigenvalue weighted by atomic mass is 9.87. The van der Waals surface area contributed by atoms with Crippen molar-refractivity contribution >= 4 is 28.5 Å². The smallest absolute Gasteiger partial charge is 0.322 e. The molecule has 10 nitrogen and oxygen atoms in total. The zero-order valence-electron chi connectivity index (χ0n) is 28.9. The molecule has 2 aromatic heterocycles. The van der Waals surface area contributed by atoms with Crippen LogP contribution in [-0.4, -0.2) is 67.2 Å². The lowest BCUT2D eigenvalue weighted by molar-refractivity contribution is -0.123. The van der Waals surface area contributed by atoms with Crippen molar-refractivity contribution < 1.29 is 9.59 Å². The number of aromatic nitrogens is 4. The van der Waals surface area contributed by atoms with Gasteiger partial charge in [0.1, 0.15) is 5.82 Å². The fraction of sp³-hybridized carbons (Fsp3) is 0.385. The van der Waals surface area contributed by atoms with Crippen LogP contribution in [0, 0.1) is 6.92 Å². The molecule has 0 bridgehead atoms. The molecule has 4 heterocycles. The second-order valence-electron chi connectivity index (χ2n) is 14.7. The average Bonchev–Trinajstić information content (AvgIpc) is 3.75. The van der Waals surface area contributed by atoms with Crippen LogP contribution in [0.4, 0.5) is 10.5 Å². The summed E-state index contributed by atoms with van der Waals surface area (Å²) >= 11 is 0. The first kappa shape index (κ1) is 32.6. The average molecular weight is 659 g/mol. The molecule has 3 amide bonds. The Bertz CT molecular complexity index is 1950. The van der Waals surface area contributed by atoms with Gasteiger partial charge < -0.3 is 20.1 Å². The monoisotopic (exact) mass is 658 g/mol. The van der Waals surface area contributed by atoms with Crippen LogP contribution in [-0.2, 0) is 29.7 Å². The molecule has 1 unspecified atom stereocenters. The van der Waals surface area contributed by atoms with Crippen molar-refractivity contribution in [2.45, 2.75) is 77.5 Å². The Morgan fingerprint density at radius 2 is 1.82 bits per heavy atom. The number of para-hydroxylation sites is 1. The van der Waals surface area contributed by atoms with Crippen molar-refractivity contribution in [3.05, 3.63) is 113 Å². The highest BCUT2D eigenvalue weighted by Crippen LogP contribution is 2.28. The Labute approximate surface area is 287 Å². The fourth-order valence-corrected chi connectivity index (χ4v) is 7.29. The molecule has 0 aliphatic carbocycles. The van der Waals surface area contributed by atoms with E-state index in [1.807, 2.05) is 41.7 Å². The fourth-order valence-electron chi connectivity index (χ4n) is 7.29. The highest BCUT2D eigenvalue weighted by Gasteiger charge is 2.32. The van der Waals surface area contributed by atoms with E-state index in [1.54, 1.807) is 0 Å². The third kappa shape index (κ3) is 7.24. The van der Waals surface area contributed by atoms with Crippen molar-refractivity contribution in [3.8, 4) is 0 Å². The van der Waals surface area contributed by atoms with Gasteiger partial charge in [-0.25, -0.2) is 9.78 Å². The van der Waals surface area contributed by atoms with Crippen molar-refractivity contribution in [2.24, 2.45) is 0 Å². The number of fused-ring (bicyclic) bond motifs is 2. The minimum atomic E-state index is -0.324. The molecule has 1 saturated heterocycles. The van der Waals surface area contributed by atoms with E-state index in [0.29, 0.717) is 26.1 Å². The lowest BCUT2D eigenvalue weighted by Crippen LogP contribution is -2.51. The maximum atomic E-state index is 13.7. The Morgan fingerprint density at radius 1 is 1.04 bits per heavy atom. The molecular formula is C39H46N8O2. The number of imidazole rings is 1. The highest BCUT2D eigenvalue weighted by molar-refractivity contribution is 5.92. The maximum absolute atomic E-state index is 13.7. The third-order valence-electron chi connectivity index (χ3n) is 10.0. The summed E-state index contributed by atoms with van der Waals surface area (Å²) in [5.74, 6) is 0.798. The predicted molar refractivity (Wildman–Crippen MR) is 192 cm³/mol. The summed E-state index contributed by atoms with van der Waals surface area (Å²) in [7, 11) is 0. The van der Waals surface area contributed by atoms with Crippen LogP contribution in [0.1, 0.15) is 73.3 Å². The number of amides is 3. The van der Waals surface area contributed by atoms with Crippen LogP contribution in [0.2, 0.25) is 0 Å². The van der Waals surface area contributed by atoms with E-state index < -0.39 is 0 Å². The number of H-pyrrole nitrogens is 1. The second-order valence-corrected chi connectivity index (χ2v) is 14.7. The molecule has 1 fully saturated rings. The van der Waals surface area contributed by atoms with E-state index in [1.165, 1.54) is 11.1 Å². The largest absolute Gasteiger partial charge is 0.345 e. The number of carbonyl (C=O) groups is 2. The number of piperidine rings is 1. The van der Waals surface area contributed by atoms with Gasteiger partial charge in [-0.2, -0.15) is 5.10 Å². The first-order valence-electron chi connectivity index (χ1n) is 17.3. The summed E-state index contributed by atoms with van der Waals surface area (Å²) in [6, 6.07) is 20.8. The number of nitrogens with zero attached hydrogens (tertiary/aromatic N) is 5. The number of aromatic amines is 1. The van der Waals surface area contributed by atoms with Crippen LogP contribution >= 0.6 is 0 Å². The SMILES string of the molecule is Cc1cc(CC(NC(=O)CN2CCC(N3Cc4ccccc4NC3=O)CC2)c2nccn2Cc2ccc(C(C)(C)C)cc2)cc2cn[nH]c12. The topological polar surface area (TPSA) is 111 Å². The quantitative estimate of drug-likeness (QED) is 0.172. The Balaban J connectivity index is 1.04. The molecule has 1 atom stereocenters. The Morgan fingerprint density at radius 3 is 2.59 bits per heavy atom. The normalized spacial score (nSPS) is 16.4. The molecule has 49 heavy (non-hydrogen) atoms. The molecular weight excluding hydrogens is 612 g/mol. The van der Waals surface area contributed by atoms with Crippen LogP contribution in [0.25, 0.3) is 10.9 Å². The summed E-state index contributed by atoms with van der Waals surface area (Å²) in [6.07, 6.45) is 7.92. The van der Waals surface area contributed by atoms with Gasteiger partial charge in [-0.1, -0.05) is 69.3 Å². The van der Waals surface area contributed by atoms with Crippen LogP contribution in [0.5, 0.6) is 0 Å². The molecule has 3 aromatic carbocycles. The van der Waals surface area contributed by atoms with Gasteiger partial charge >= 0.3 is 6.03 Å². The van der Waals surface area contributed by atoms with E-state index in [0.717, 1.165) is 65.0 Å². The molecule has 2 aliphatic heterocycles. The molecule has 5 aromatic rings. The number of benzene rings is 3. The molecule has 10 heteroatoms. The molecule has 254 valence electrons. The zero-order chi connectivity index (χ0) is 34.1. The summed E-state index contributed by atoms with van der Waals surface area (Å²) in [6.45, 7) is 11.8. The number of carbonyl (C=O) groups excluding carboxylic acids is 2. The number of hydrogen-bond donors (Lipinski definition) is 3.